The van der Waals surface area contributed by atoms with E-state index in [0.29, 0.717) is 36.4 Å². The Kier molecular flexibility index (Phi) is 7.33. The van der Waals surface area contributed by atoms with E-state index in [2.05, 4.69) is 48.5 Å². The number of fused-ring (bicyclic) bond motifs is 5. The molecule has 0 amide bonds. The van der Waals surface area contributed by atoms with Gasteiger partial charge in [-0.15, -0.1) is 0 Å². The van der Waals surface area contributed by atoms with Gasteiger partial charge in [-0.2, -0.15) is 0 Å². The molecule has 0 aliphatic heterocycles. The maximum absolute atomic E-state index is 14.4. The first-order valence-electron chi connectivity index (χ1n) is 15.1. The molecule has 0 heterocycles. The Bertz CT molecular complexity index is 867. The lowest BCUT2D eigenvalue weighted by molar-refractivity contribution is -0.229. The van der Waals surface area contributed by atoms with Crippen LogP contribution in [-0.4, -0.2) is 24.9 Å². The number of rotatable bonds is 6. The predicted molar refractivity (Wildman–Crippen MR) is 146 cm³/mol. The van der Waals surface area contributed by atoms with E-state index in [9.17, 15) is 9.59 Å². The van der Waals surface area contributed by atoms with Crippen molar-refractivity contribution in [2.24, 2.45) is 56.5 Å². The number of Topliss-reactive ketones (excluding diaryl/α,β-unsaturated/α-hetero) is 1. The Balaban J connectivity index is 1.74. The number of carbonyl (C=O) groups is 2. The van der Waals surface area contributed by atoms with Crippen molar-refractivity contribution in [3.8, 4) is 0 Å². The number of esters is 1. The summed E-state index contributed by atoms with van der Waals surface area (Å²) in [5, 5.41) is 0. The first-order valence-corrected chi connectivity index (χ1v) is 15.1. The van der Waals surface area contributed by atoms with Crippen LogP contribution in [0.25, 0.3) is 0 Å². The van der Waals surface area contributed by atoms with Crippen LogP contribution in [0.15, 0.2) is 0 Å². The number of hydrogen-bond acceptors (Lipinski definition) is 4. The number of nitrogens with two attached hydrogens (primary N) is 1. The SMILES string of the molecule is CCCC[C@]1(C)CC[C@]2(C)C(CC(=O)[C@@H]3C4(C)CCC(N)C(C)(C)C4CC[C@]32C)[C@@H]1CCC(=O)OC. The minimum atomic E-state index is -0.111. The highest BCUT2D eigenvalue weighted by Gasteiger charge is 2.71. The van der Waals surface area contributed by atoms with Gasteiger partial charge in [-0.1, -0.05) is 61.3 Å². The van der Waals surface area contributed by atoms with Crippen LogP contribution >= 0.6 is 0 Å². The van der Waals surface area contributed by atoms with E-state index in [1.54, 1.807) is 0 Å². The molecule has 206 valence electrons. The van der Waals surface area contributed by atoms with Crippen LogP contribution in [0.2, 0.25) is 0 Å². The molecular weight excluding hydrogens is 446 g/mol. The number of hydrogen-bond donors (Lipinski definition) is 1. The van der Waals surface area contributed by atoms with Crippen LogP contribution < -0.4 is 5.73 Å². The highest BCUT2D eigenvalue weighted by molar-refractivity contribution is 5.84. The number of carbonyl (C=O) groups excluding carboxylic acids is 2. The molecule has 4 saturated carbocycles. The van der Waals surface area contributed by atoms with Crippen molar-refractivity contribution in [1.82, 2.24) is 0 Å². The molecule has 0 saturated heterocycles. The van der Waals surface area contributed by atoms with Crippen molar-refractivity contribution in [2.75, 3.05) is 7.11 Å². The molecule has 0 bridgehead atoms. The van der Waals surface area contributed by atoms with Gasteiger partial charge in [0.15, 0.2) is 0 Å². The summed E-state index contributed by atoms with van der Waals surface area (Å²) in [5.41, 5.74) is 7.10. The number of ketones is 1. The average molecular weight is 502 g/mol. The molecule has 36 heavy (non-hydrogen) atoms. The van der Waals surface area contributed by atoms with Crippen molar-refractivity contribution < 1.29 is 14.3 Å². The van der Waals surface area contributed by atoms with E-state index in [0.717, 1.165) is 25.7 Å². The lowest BCUT2D eigenvalue weighted by atomic mass is 9.32. The van der Waals surface area contributed by atoms with Gasteiger partial charge in [0.05, 0.1) is 7.11 Å². The van der Waals surface area contributed by atoms with Crippen molar-refractivity contribution in [3.63, 3.8) is 0 Å². The van der Waals surface area contributed by atoms with Gasteiger partial charge in [0.1, 0.15) is 5.78 Å². The molecule has 0 spiro atoms. The summed E-state index contributed by atoms with van der Waals surface area (Å²) in [6, 6.07) is 0.221. The quantitative estimate of drug-likeness (QED) is 0.387. The zero-order valence-corrected chi connectivity index (χ0v) is 24.7. The van der Waals surface area contributed by atoms with E-state index in [4.69, 9.17) is 10.5 Å². The molecular formula is C32H55NO3. The Morgan fingerprint density at radius 1 is 1.00 bits per heavy atom. The van der Waals surface area contributed by atoms with Crippen LogP contribution in [0.1, 0.15) is 126 Å². The van der Waals surface area contributed by atoms with Gasteiger partial charge in [0.2, 0.25) is 0 Å². The average Bonchev–Trinajstić information content (AvgIpc) is 2.81. The fraction of sp³-hybridized carbons (Fsp3) is 0.938. The molecule has 9 atom stereocenters. The van der Waals surface area contributed by atoms with E-state index in [-0.39, 0.29) is 45.0 Å². The van der Waals surface area contributed by atoms with Gasteiger partial charge in [0, 0.05) is 24.8 Å². The summed E-state index contributed by atoms with van der Waals surface area (Å²) in [6.45, 7) is 17.0. The first-order chi connectivity index (χ1) is 16.7. The molecule has 4 unspecified atom stereocenters. The van der Waals surface area contributed by atoms with Crippen molar-refractivity contribution >= 4 is 11.8 Å². The Hall–Kier alpha value is -0.900. The molecule has 0 radical (unpaired) electrons. The zero-order chi connectivity index (χ0) is 26.7. The highest BCUT2D eigenvalue weighted by atomic mass is 16.5. The van der Waals surface area contributed by atoms with Gasteiger partial charge >= 0.3 is 5.97 Å². The lowest BCUT2D eigenvalue weighted by Gasteiger charge is -2.72. The van der Waals surface area contributed by atoms with E-state index >= 15 is 0 Å². The van der Waals surface area contributed by atoms with Gasteiger partial charge in [-0.3, -0.25) is 9.59 Å². The second-order valence-electron chi connectivity index (χ2n) is 15.1. The first kappa shape index (κ1) is 28.1. The normalized spacial score (nSPS) is 47.9. The Morgan fingerprint density at radius 2 is 1.69 bits per heavy atom. The number of ether oxygens (including phenoxy) is 1. The second-order valence-corrected chi connectivity index (χ2v) is 15.1. The van der Waals surface area contributed by atoms with E-state index in [1.807, 2.05) is 0 Å². The predicted octanol–water partition coefficient (Wildman–Crippen LogP) is 7.33. The molecule has 0 aromatic rings. The summed E-state index contributed by atoms with van der Waals surface area (Å²) in [5.74, 6) is 1.78. The number of unbranched alkanes of at least 4 members (excludes halogenated alkanes) is 1. The monoisotopic (exact) mass is 501 g/mol. The minimum absolute atomic E-state index is 0.00532. The van der Waals surface area contributed by atoms with Crippen LogP contribution in [0.3, 0.4) is 0 Å². The standard InChI is InChI=1S/C32H55NO3/c1-9-10-15-29(4)18-19-31(6)22(21(29)11-12-26(35)36-8)20-23(34)27-30(5)16-14-25(33)28(2,3)24(30)13-17-32(27,31)7/h21-22,24-25,27H,9-20,33H2,1-8H3/t21-,22?,24?,25?,27+,29+,30?,31+,32+/m0/s1. The third kappa shape index (κ3) is 3.93. The van der Waals surface area contributed by atoms with E-state index < -0.39 is 0 Å². The third-order valence-corrected chi connectivity index (χ3v) is 13.3. The molecule has 2 N–H and O–H groups in total. The molecule has 0 aromatic heterocycles. The van der Waals surface area contributed by atoms with Crippen molar-refractivity contribution in [3.05, 3.63) is 0 Å². The topological polar surface area (TPSA) is 69.4 Å². The maximum Gasteiger partial charge on any atom is 0.305 e. The molecule has 4 rings (SSSR count). The summed E-state index contributed by atoms with van der Waals surface area (Å²) in [7, 11) is 1.50. The fourth-order valence-electron chi connectivity index (χ4n) is 10.9. The third-order valence-electron chi connectivity index (χ3n) is 13.3. The summed E-state index contributed by atoms with van der Waals surface area (Å²) in [4.78, 5) is 26.7. The van der Waals surface area contributed by atoms with Gasteiger partial charge < -0.3 is 10.5 Å². The van der Waals surface area contributed by atoms with Crippen LogP contribution in [0.5, 0.6) is 0 Å². The lowest BCUT2D eigenvalue weighted by Crippen LogP contribution is -2.69. The Morgan fingerprint density at radius 3 is 2.33 bits per heavy atom. The molecule has 4 heteroatoms. The van der Waals surface area contributed by atoms with Crippen LogP contribution in [-0.2, 0) is 14.3 Å². The molecule has 4 aliphatic carbocycles. The van der Waals surface area contributed by atoms with Gasteiger partial charge in [-0.05, 0) is 96.2 Å². The van der Waals surface area contributed by atoms with Crippen molar-refractivity contribution in [1.29, 1.82) is 0 Å². The zero-order valence-electron chi connectivity index (χ0n) is 24.7. The van der Waals surface area contributed by atoms with Crippen LogP contribution in [0.4, 0.5) is 0 Å². The largest absolute Gasteiger partial charge is 0.469 e. The number of methoxy groups -OCH3 is 1. The highest BCUT2D eigenvalue weighted by Crippen LogP contribution is 2.75. The second kappa shape index (κ2) is 9.38. The van der Waals surface area contributed by atoms with Gasteiger partial charge in [0.25, 0.3) is 0 Å². The maximum atomic E-state index is 14.4. The molecule has 4 aliphatic rings. The molecule has 0 aromatic carbocycles. The fourth-order valence-corrected chi connectivity index (χ4v) is 10.9. The minimum Gasteiger partial charge on any atom is -0.469 e. The Labute approximate surface area is 221 Å². The summed E-state index contributed by atoms with van der Waals surface area (Å²) < 4.78 is 5.06. The van der Waals surface area contributed by atoms with Crippen LogP contribution in [0, 0.1) is 50.7 Å². The van der Waals surface area contributed by atoms with E-state index in [1.165, 1.54) is 45.6 Å². The summed E-state index contributed by atoms with van der Waals surface area (Å²) in [6.07, 6.45) is 12.4. The smallest absolute Gasteiger partial charge is 0.305 e. The molecule has 4 fully saturated rings. The van der Waals surface area contributed by atoms with Crippen molar-refractivity contribution in [2.45, 2.75) is 132 Å². The van der Waals surface area contributed by atoms with Gasteiger partial charge in [-0.25, -0.2) is 0 Å². The summed E-state index contributed by atoms with van der Waals surface area (Å²) >= 11 is 0. The molecule has 4 nitrogen and oxygen atoms in total.